The van der Waals surface area contributed by atoms with Gasteiger partial charge in [-0.05, 0) is 62.4 Å². The third-order valence-electron chi connectivity index (χ3n) is 3.12. The molecule has 2 rings (SSSR count). The molecule has 0 aliphatic rings. The molecule has 0 bridgehead atoms. The van der Waals surface area contributed by atoms with Crippen molar-refractivity contribution in [1.82, 2.24) is 0 Å². The Kier molecular flexibility index (Phi) is 5.22. The normalized spacial score (nSPS) is 11.7. The Hall–Kier alpha value is -2.27. The fourth-order valence-corrected chi connectivity index (χ4v) is 2.70. The number of nitrogens with two attached hydrogens (primary N) is 1. The van der Waals surface area contributed by atoms with Crippen LogP contribution < -0.4 is 11.1 Å². The third kappa shape index (κ3) is 4.36. The van der Waals surface area contributed by atoms with Crippen molar-refractivity contribution in [2.24, 2.45) is 0 Å². The van der Waals surface area contributed by atoms with Crippen LogP contribution in [0.15, 0.2) is 53.4 Å². The second-order valence-electron chi connectivity index (χ2n) is 4.95. The number of benzene rings is 2. The van der Waals surface area contributed by atoms with Crippen LogP contribution in [-0.4, -0.2) is 16.9 Å². The number of anilines is 2. The van der Waals surface area contributed by atoms with Crippen molar-refractivity contribution in [2.45, 2.75) is 24.0 Å². The van der Waals surface area contributed by atoms with E-state index >= 15 is 0 Å². The Bertz CT molecular complexity index is 666. The predicted octanol–water partition coefficient (Wildman–Crippen LogP) is 3.59. The molecule has 0 radical (unpaired) electrons. The number of rotatable bonds is 5. The zero-order valence-corrected chi connectivity index (χ0v) is 13.3. The van der Waals surface area contributed by atoms with Crippen LogP contribution in [-0.2, 0) is 4.79 Å². The molecule has 3 N–H and O–H groups in total. The molecule has 114 valence electrons. The molecular formula is C17H18N2O2S. The standard InChI is InChI=1S/C17H18N2O2S/c1-11(20)13-3-7-15(8-4-13)19-17(21)12(2)22-16-9-5-14(18)6-10-16/h3-10,12H,18H2,1-2H3,(H,19,21). The Morgan fingerprint density at radius 2 is 1.64 bits per heavy atom. The van der Waals surface area contributed by atoms with Crippen LogP contribution in [0.2, 0.25) is 0 Å². The number of carbonyl (C=O) groups is 2. The maximum atomic E-state index is 12.2. The highest BCUT2D eigenvalue weighted by Gasteiger charge is 2.14. The number of hydrogen-bond acceptors (Lipinski definition) is 4. The first-order valence-corrected chi connectivity index (χ1v) is 7.78. The number of ketones is 1. The Labute approximate surface area is 134 Å². The molecule has 2 aromatic rings. The van der Waals surface area contributed by atoms with Crippen LogP contribution in [0.4, 0.5) is 11.4 Å². The molecule has 0 aliphatic heterocycles. The van der Waals surface area contributed by atoms with E-state index in [9.17, 15) is 9.59 Å². The fourth-order valence-electron chi connectivity index (χ4n) is 1.84. The number of nitrogen functional groups attached to an aromatic ring is 1. The van der Waals surface area contributed by atoms with E-state index in [2.05, 4.69) is 5.32 Å². The van der Waals surface area contributed by atoms with Crippen molar-refractivity contribution < 1.29 is 9.59 Å². The van der Waals surface area contributed by atoms with Gasteiger partial charge in [0.2, 0.25) is 5.91 Å². The van der Waals surface area contributed by atoms with E-state index in [1.807, 2.05) is 31.2 Å². The molecule has 0 spiro atoms. The molecule has 2 aromatic carbocycles. The number of Topliss-reactive ketones (excluding diaryl/α,β-unsaturated/α-hetero) is 1. The molecule has 0 fully saturated rings. The minimum atomic E-state index is -0.240. The first kappa shape index (κ1) is 16.1. The van der Waals surface area contributed by atoms with E-state index < -0.39 is 0 Å². The van der Waals surface area contributed by atoms with E-state index in [0.29, 0.717) is 16.9 Å². The summed E-state index contributed by atoms with van der Waals surface area (Å²) >= 11 is 1.47. The molecule has 1 amide bonds. The van der Waals surface area contributed by atoms with E-state index in [4.69, 9.17) is 5.73 Å². The predicted molar refractivity (Wildman–Crippen MR) is 91.2 cm³/mol. The van der Waals surface area contributed by atoms with Gasteiger partial charge >= 0.3 is 0 Å². The van der Waals surface area contributed by atoms with Gasteiger partial charge in [0.25, 0.3) is 0 Å². The molecule has 0 saturated carbocycles. The average molecular weight is 314 g/mol. The zero-order valence-electron chi connectivity index (χ0n) is 12.5. The summed E-state index contributed by atoms with van der Waals surface area (Å²) in [6.45, 7) is 3.36. The highest BCUT2D eigenvalue weighted by atomic mass is 32.2. The second kappa shape index (κ2) is 7.13. The lowest BCUT2D eigenvalue weighted by atomic mass is 10.1. The fraction of sp³-hybridized carbons (Fsp3) is 0.176. The molecule has 22 heavy (non-hydrogen) atoms. The molecule has 1 atom stereocenters. The van der Waals surface area contributed by atoms with Crippen LogP contribution in [0.3, 0.4) is 0 Å². The molecule has 4 nitrogen and oxygen atoms in total. The lowest BCUT2D eigenvalue weighted by Gasteiger charge is -2.12. The van der Waals surface area contributed by atoms with Crippen molar-refractivity contribution >= 4 is 34.8 Å². The third-order valence-corrected chi connectivity index (χ3v) is 4.23. The van der Waals surface area contributed by atoms with E-state index in [1.54, 1.807) is 24.3 Å². The van der Waals surface area contributed by atoms with Crippen molar-refractivity contribution in [3.05, 3.63) is 54.1 Å². The first-order chi connectivity index (χ1) is 10.5. The first-order valence-electron chi connectivity index (χ1n) is 6.90. The largest absolute Gasteiger partial charge is 0.399 e. The summed E-state index contributed by atoms with van der Waals surface area (Å²) < 4.78 is 0. The van der Waals surface area contributed by atoms with Gasteiger partial charge in [-0.1, -0.05) is 0 Å². The minimum Gasteiger partial charge on any atom is -0.399 e. The molecule has 0 aliphatic carbocycles. The molecular weight excluding hydrogens is 296 g/mol. The summed E-state index contributed by atoms with van der Waals surface area (Å²) in [5.74, 6) is -0.0810. The van der Waals surface area contributed by atoms with Crippen LogP contribution in [0.25, 0.3) is 0 Å². The van der Waals surface area contributed by atoms with E-state index in [1.165, 1.54) is 18.7 Å². The van der Waals surface area contributed by atoms with Crippen LogP contribution >= 0.6 is 11.8 Å². The number of hydrogen-bond donors (Lipinski definition) is 2. The molecule has 0 heterocycles. The lowest BCUT2D eigenvalue weighted by molar-refractivity contribution is -0.115. The van der Waals surface area contributed by atoms with Crippen LogP contribution in [0.5, 0.6) is 0 Å². The average Bonchev–Trinajstić information content (AvgIpc) is 2.50. The summed E-state index contributed by atoms with van der Waals surface area (Å²) in [6, 6.07) is 14.3. The lowest BCUT2D eigenvalue weighted by Crippen LogP contribution is -2.22. The second-order valence-corrected chi connectivity index (χ2v) is 6.37. The van der Waals surface area contributed by atoms with Crippen LogP contribution in [0, 0.1) is 0 Å². The van der Waals surface area contributed by atoms with Crippen molar-refractivity contribution in [2.75, 3.05) is 11.1 Å². The highest BCUT2D eigenvalue weighted by Crippen LogP contribution is 2.25. The van der Waals surface area contributed by atoms with E-state index in [0.717, 1.165) is 4.90 Å². The van der Waals surface area contributed by atoms with Gasteiger partial charge < -0.3 is 11.1 Å². The highest BCUT2D eigenvalue weighted by molar-refractivity contribution is 8.00. The van der Waals surface area contributed by atoms with E-state index in [-0.39, 0.29) is 16.9 Å². The topological polar surface area (TPSA) is 72.2 Å². The minimum absolute atomic E-state index is 0.00477. The van der Waals surface area contributed by atoms with Gasteiger partial charge in [-0.25, -0.2) is 0 Å². The summed E-state index contributed by atoms with van der Waals surface area (Å²) in [5.41, 5.74) is 7.65. The van der Waals surface area contributed by atoms with Gasteiger partial charge in [-0.2, -0.15) is 0 Å². The Balaban J connectivity index is 1.95. The molecule has 1 unspecified atom stereocenters. The van der Waals surface area contributed by atoms with Gasteiger partial charge in [-0.3, -0.25) is 9.59 Å². The van der Waals surface area contributed by atoms with Gasteiger partial charge in [0.15, 0.2) is 5.78 Å². The van der Waals surface area contributed by atoms with Crippen molar-refractivity contribution in [3.8, 4) is 0 Å². The van der Waals surface area contributed by atoms with Gasteiger partial charge in [0, 0.05) is 21.8 Å². The number of carbonyl (C=O) groups excluding carboxylic acids is 2. The monoisotopic (exact) mass is 314 g/mol. The number of nitrogens with one attached hydrogen (secondary N) is 1. The Morgan fingerprint density at radius 3 is 2.18 bits per heavy atom. The summed E-state index contributed by atoms with van der Waals surface area (Å²) in [7, 11) is 0. The summed E-state index contributed by atoms with van der Waals surface area (Å²) in [5, 5.41) is 2.60. The SMILES string of the molecule is CC(=O)c1ccc(NC(=O)C(C)Sc2ccc(N)cc2)cc1. The maximum Gasteiger partial charge on any atom is 0.237 e. The number of amides is 1. The van der Waals surface area contributed by atoms with Gasteiger partial charge in [0.1, 0.15) is 0 Å². The molecule has 5 heteroatoms. The van der Waals surface area contributed by atoms with Gasteiger partial charge in [0.05, 0.1) is 5.25 Å². The van der Waals surface area contributed by atoms with Crippen LogP contribution in [0.1, 0.15) is 24.2 Å². The van der Waals surface area contributed by atoms with Crippen molar-refractivity contribution in [3.63, 3.8) is 0 Å². The summed E-state index contributed by atoms with van der Waals surface area (Å²) in [6.07, 6.45) is 0. The maximum absolute atomic E-state index is 12.2. The molecule has 0 aromatic heterocycles. The summed E-state index contributed by atoms with van der Waals surface area (Å²) in [4.78, 5) is 24.4. The van der Waals surface area contributed by atoms with Crippen molar-refractivity contribution in [1.29, 1.82) is 0 Å². The number of thioether (sulfide) groups is 1. The zero-order chi connectivity index (χ0) is 16.1. The quantitative estimate of drug-likeness (QED) is 0.502. The van der Waals surface area contributed by atoms with Gasteiger partial charge in [-0.15, -0.1) is 11.8 Å². The Morgan fingerprint density at radius 1 is 1.05 bits per heavy atom. The smallest absolute Gasteiger partial charge is 0.237 e. The molecule has 0 saturated heterocycles.